The standard InChI is InChI=1S/C26H24N8O/c1-2-25(35)33-13-11-32(12-14-33)18-7-8-23(29-16-18)30-24-15-20(26-27-9-10-34(26)31-24)21-17-28-22-6-4-3-5-19(21)22/h2-10,15-17,28H,1,11-14H2,(H,29,30,31). The van der Waals surface area contributed by atoms with Gasteiger partial charge in [0.1, 0.15) is 5.82 Å². The van der Waals surface area contributed by atoms with E-state index in [4.69, 9.17) is 0 Å². The number of hydrogen-bond acceptors (Lipinski definition) is 6. The van der Waals surface area contributed by atoms with Gasteiger partial charge in [-0.3, -0.25) is 4.79 Å². The monoisotopic (exact) mass is 464 g/mol. The van der Waals surface area contributed by atoms with Crippen LogP contribution in [0.2, 0.25) is 0 Å². The fraction of sp³-hybridized carbons (Fsp3) is 0.154. The van der Waals surface area contributed by atoms with Gasteiger partial charge in [0.2, 0.25) is 5.91 Å². The van der Waals surface area contributed by atoms with Crippen LogP contribution in [-0.2, 0) is 4.79 Å². The van der Waals surface area contributed by atoms with Gasteiger partial charge in [-0.25, -0.2) is 14.5 Å². The fourth-order valence-electron chi connectivity index (χ4n) is 4.56. The number of nitrogens with one attached hydrogen (secondary N) is 2. The predicted molar refractivity (Wildman–Crippen MR) is 137 cm³/mol. The maximum atomic E-state index is 11.8. The minimum atomic E-state index is -0.0170. The molecule has 9 heteroatoms. The molecule has 1 amide bonds. The molecular weight excluding hydrogens is 440 g/mol. The number of piperazine rings is 1. The van der Waals surface area contributed by atoms with E-state index in [0.717, 1.165) is 46.5 Å². The first-order valence-corrected chi connectivity index (χ1v) is 11.5. The number of imidazole rings is 1. The Balaban J connectivity index is 1.24. The Hall–Kier alpha value is -4.66. The summed E-state index contributed by atoms with van der Waals surface area (Å²) in [5, 5.41) is 9.13. The Morgan fingerprint density at radius 2 is 1.89 bits per heavy atom. The van der Waals surface area contributed by atoms with E-state index in [2.05, 4.69) is 49.0 Å². The topological polar surface area (TPSA) is 94.5 Å². The summed E-state index contributed by atoms with van der Waals surface area (Å²) in [6.45, 7) is 6.45. The SMILES string of the molecule is C=CC(=O)N1CCN(c2ccc(Nc3cc(-c4c[nH]c5ccccc45)c4nccn4n3)nc2)CC1. The number of pyridine rings is 1. The summed E-state index contributed by atoms with van der Waals surface area (Å²) in [6.07, 6.45) is 8.82. The highest BCUT2D eigenvalue weighted by Gasteiger charge is 2.20. The predicted octanol–water partition coefficient (Wildman–Crippen LogP) is 3.85. The Bertz CT molecular complexity index is 1530. The summed E-state index contributed by atoms with van der Waals surface area (Å²) < 4.78 is 1.78. The summed E-state index contributed by atoms with van der Waals surface area (Å²) in [7, 11) is 0. The second-order valence-electron chi connectivity index (χ2n) is 8.43. The number of carbonyl (C=O) groups excluding carboxylic acids is 1. The van der Waals surface area contributed by atoms with Crippen molar-refractivity contribution in [2.45, 2.75) is 0 Å². The summed E-state index contributed by atoms with van der Waals surface area (Å²) in [5.41, 5.74) is 4.94. The van der Waals surface area contributed by atoms with Crippen LogP contribution >= 0.6 is 0 Å². The van der Waals surface area contributed by atoms with Crippen LogP contribution < -0.4 is 10.2 Å². The molecule has 1 aliphatic rings. The number of nitrogens with zero attached hydrogens (tertiary/aromatic N) is 6. The van der Waals surface area contributed by atoms with E-state index in [-0.39, 0.29) is 5.91 Å². The Labute approximate surface area is 201 Å². The number of aromatic nitrogens is 5. The molecule has 1 aromatic carbocycles. The second kappa shape index (κ2) is 8.60. The highest BCUT2D eigenvalue weighted by Crippen LogP contribution is 2.32. The summed E-state index contributed by atoms with van der Waals surface area (Å²) in [6, 6.07) is 14.2. The van der Waals surface area contributed by atoms with E-state index in [1.54, 1.807) is 10.7 Å². The number of carbonyl (C=O) groups is 1. The van der Waals surface area contributed by atoms with Crippen LogP contribution in [0, 0.1) is 0 Å². The van der Waals surface area contributed by atoms with Crippen LogP contribution in [0.15, 0.2) is 79.9 Å². The third-order valence-electron chi connectivity index (χ3n) is 6.37. The lowest BCUT2D eigenvalue weighted by Gasteiger charge is -2.35. The first kappa shape index (κ1) is 20.9. The number of benzene rings is 1. The molecule has 2 N–H and O–H groups in total. The number of amides is 1. The minimum Gasteiger partial charge on any atom is -0.367 e. The smallest absolute Gasteiger partial charge is 0.246 e. The number of aromatic amines is 1. The van der Waals surface area contributed by atoms with Crippen molar-refractivity contribution < 1.29 is 4.79 Å². The molecule has 5 aromatic rings. The van der Waals surface area contributed by atoms with Crippen molar-refractivity contribution in [3.63, 3.8) is 0 Å². The molecule has 0 unspecified atom stereocenters. The summed E-state index contributed by atoms with van der Waals surface area (Å²) in [5.74, 6) is 1.36. The van der Waals surface area contributed by atoms with Crippen molar-refractivity contribution in [3.8, 4) is 11.1 Å². The van der Waals surface area contributed by atoms with Crippen molar-refractivity contribution in [1.82, 2.24) is 29.5 Å². The number of para-hydroxylation sites is 1. The number of anilines is 3. The average Bonchev–Trinajstić information content (AvgIpc) is 3.56. The lowest BCUT2D eigenvalue weighted by atomic mass is 10.1. The van der Waals surface area contributed by atoms with Crippen LogP contribution in [0.5, 0.6) is 0 Å². The highest BCUT2D eigenvalue weighted by molar-refractivity contribution is 5.99. The third-order valence-corrected chi connectivity index (χ3v) is 6.37. The van der Waals surface area contributed by atoms with Crippen molar-refractivity contribution in [2.75, 3.05) is 36.4 Å². The van der Waals surface area contributed by atoms with Crippen LogP contribution in [0.4, 0.5) is 17.3 Å². The number of rotatable bonds is 5. The maximum Gasteiger partial charge on any atom is 0.246 e. The van der Waals surface area contributed by atoms with E-state index < -0.39 is 0 Å². The van der Waals surface area contributed by atoms with Crippen molar-refractivity contribution >= 4 is 39.8 Å². The molecule has 0 radical (unpaired) electrons. The molecule has 0 spiro atoms. The van der Waals surface area contributed by atoms with Gasteiger partial charge in [0, 0.05) is 66.8 Å². The summed E-state index contributed by atoms with van der Waals surface area (Å²) >= 11 is 0. The van der Waals surface area contributed by atoms with Gasteiger partial charge in [-0.2, -0.15) is 0 Å². The molecule has 1 fully saturated rings. The van der Waals surface area contributed by atoms with E-state index >= 15 is 0 Å². The van der Waals surface area contributed by atoms with Gasteiger partial charge in [-0.05, 0) is 30.3 Å². The normalized spacial score (nSPS) is 13.9. The average molecular weight is 465 g/mol. The molecule has 0 aliphatic carbocycles. The molecule has 1 aliphatic heterocycles. The number of H-pyrrole nitrogens is 1. The van der Waals surface area contributed by atoms with Crippen molar-refractivity contribution in [2.24, 2.45) is 0 Å². The lowest BCUT2D eigenvalue weighted by Crippen LogP contribution is -2.48. The lowest BCUT2D eigenvalue weighted by molar-refractivity contribution is -0.126. The van der Waals surface area contributed by atoms with Gasteiger partial charge in [0.15, 0.2) is 11.5 Å². The minimum absolute atomic E-state index is 0.0170. The van der Waals surface area contributed by atoms with Crippen LogP contribution in [0.1, 0.15) is 0 Å². The molecule has 174 valence electrons. The Kier molecular flexibility index (Phi) is 5.14. The Morgan fingerprint density at radius 1 is 1.03 bits per heavy atom. The molecule has 0 atom stereocenters. The van der Waals surface area contributed by atoms with Crippen molar-refractivity contribution in [1.29, 1.82) is 0 Å². The first-order chi connectivity index (χ1) is 17.2. The molecule has 4 aromatic heterocycles. The van der Waals surface area contributed by atoms with Gasteiger partial charge in [-0.15, -0.1) is 5.10 Å². The number of fused-ring (bicyclic) bond motifs is 2. The molecule has 0 saturated carbocycles. The van der Waals surface area contributed by atoms with Crippen LogP contribution in [0.25, 0.3) is 27.7 Å². The zero-order valence-electron chi connectivity index (χ0n) is 19.1. The van der Waals surface area contributed by atoms with Gasteiger partial charge in [-0.1, -0.05) is 24.8 Å². The second-order valence-corrected chi connectivity index (χ2v) is 8.43. The molecule has 5 heterocycles. The van der Waals surface area contributed by atoms with E-state index in [0.29, 0.717) is 24.7 Å². The third kappa shape index (κ3) is 3.86. The van der Waals surface area contributed by atoms with E-state index in [9.17, 15) is 4.79 Å². The Morgan fingerprint density at radius 3 is 2.69 bits per heavy atom. The first-order valence-electron chi connectivity index (χ1n) is 11.5. The fourth-order valence-corrected chi connectivity index (χ4v) is 4.56. The maximum absolute atomic E-state index is 11.8. The molecular formula is C26H24N8O. The molecule has 1 saturated heterocycles. The molecule has 0 bridgehead atoms. The zero-order chi connectivity index (χ0) is 23.8. The summed E-state index contributed by atoms with van der Waals surface area (Å²) in [4.78, 5) is 28.3. The largest absolute Gasteiger partial charge is 0.367 e. The van der Waals surface area contributed by atoms with Gasteiger partial charge in [0.25, 0.3) is 0 Å². The number of hydrogen-bond donors (Lipinski definition) is 2. The quantitative estimate of drug-likeness (QED) is 0.384. The van der Waals surface area contributed by atoms with Gasteiger partial charge >= 0.3 is 0 Å². The van der Waals surface area contributed by atoms with Crippen LogP contribution in [0.3, 0.4) is 0 Å². The van der Waals surface area contributed by atoms with Gasteiger partial charge in [0.05, 0.1) is 11.9 Å². The molecule has 9 nitrogen and oxygen atoms in total. The molecule has 35 heavy (non-hydrogen) atoms. The van der Waals surface area contributed by atoms with Crippen LogP contribution in [-0.4, -0.2) is 61.6 Å². The van der Waals surface area contributed by atoms with E-state index in [1.807, 2.05) is 53.8 Å². The van der Waals surface area contributed by atoms with E-state index in [1.165, 1.54) is 6.08 Å². The zero-order valence-corrected chi connectivity index (χ0v) is 19.1. The van der Waals surface area contributed by atoms with Gasteiger partial charge < -0.3 is 20.1 Å². The van der Waals surface area contributed by atoms with Crippen molar-refractivity contribution in [3.05, 3.63) is 79.9 Å². The molecule has 6 rings (SSSR count). The highest BCUT2D eigenvalue weighted by atomic mass is 16.2.